The Morgan fingerprint density at radius 2 is 1.86 bits per heavy atom. The predicted molar refractivity (Wildman–Crippen MR) is 139 cm³/mol. The number of likely N-dealkylation sites (tertiary alicyclic amines) is 1. The van der Waals surface area contributed by atoms with Crippen LogP contribution in [0.1, 0.15) is 47.2 Å². The van der Waals surface area contributed by atoms with Gasteiger partial charge in [0.05, 0.1) is 6.61 Å². The highest BCUT2D eigenvalue weighted by Gasteiger charge is 2.25. The molecule has 0 unspecified atom stereocenters. The first-order chi connectivity index (χ1) is 17.0. The number of piperidine rings is 1. The second-order valence-electron chi connectivity index (χ2n) is 8.61. The molecule has 0 saturated carbocycles. The van der Waals surface area contributed by atoms with E-state index >= 15 is 0 Å². The average molecular weight is 492 g/mol. The summed E-state index contributed by atoms with van der Waals surface area (Å²) in [6.07, 6.45) is 1.88. The van der Waals surface area contributed by atoms with Gasteiger partial charge in [-0.3, -0.25) is 4.79 Å². The maximum absolute atomic E-state index is 12.9. The Morgan fingerprint density at radius 1 is 1.06 bits per heavy atom. The molecule has 182 valence electrons. The van der Waals surface area contributed by atoms with E-state index in [1.54, 1.807) is 0 Å². The second-order valence-corrected chi connectivity index (χ2v) is 9.05. The van der Waals surface area contributed by atoms with Gasteiger partial charge in [0.15, 0.2) is 0 Å². The minimum Gasteiger partial charge on any atom is -0.494 e. The van der Waals surface area contributed by atoms with Crippen LogP contribution >= 0.6 is 11.6 Å². The summed E-state index contributed by atoms with van der Waals surface area (Å²) >= 11 is 6.03. The number of carbonyl (C=O) groups is 2. The molecule has 1 aliphatic rings. The van der Waals surface area contributed by atoms with Gasteiger partial charge in [-0.15, -0.1) is 0 Å². The zero-order valence-corrected chi connectivity index (χ0v) is 20.6. The molecule has 3 aromatic carbocycles. The van der Waals surface area contributed by atoms with Crippen LogP contribution in [-0.4, -0.2) is 36.5 Å². The molecule has 1 heterocycles. The number of benzene rings is 3. The lowest BCUT2D eigenvalue weighted by Crippen LogP contribution is -2.41. The largest absolute Gasteiger partial charge is 0.494 e. The monoisotopic (exact) mass is 491 g/mol. The van der Waals surface area contributed by atoms with Crippen LogP contribution in [0.3, 0.4) is 0 Å². The second kappa shape index (κ2) is 11.8. The maximum Gasteiger partial charge on any atom is 0.321 e. The molecule has 4 rings (SSSR count). The van der Waals surface area contributed by atoms with Crippen molar-refractivity contribution in [3.05, 3.63) is 94.5 Å². The molecule has 3 aromatic rings. The number of nitrogens with one attached hydrogen (secondary N) is 2. The minimum absolute atomic E-state index is 0.116. The first-order valence-electron chi connectivity index (χ1n) is 11.9. The van der Waals surface area contributed by atoms with Gasteiger partial charge in [-0.2, -0.15) is 0 Å². The zero-order chi connectivity index (χ0) is 24.6. The number of anilines is 1. The molecule has 0 spiro atoms. The number of carbonyl (C=O) groups excluding carboxylic acids is 2. The summed E-state index contributed by atoms with van der Waals surface area (Å²) in [6.45, 7) is 4.26. The number of amides is 3. The Balaban J connectivity index is 1.36. The van der Waals surface area contributed by atoms with Gasteiger partial charge in [-0.05, 0) is 79.4 Å². The quantitative estimate of drug-likeness (QED) is 0.420. The molecule has 1 saturated heterocycles. The lowest BCUT2D eigenvalue weighted by Gasteiger charge is -2.33. The molecule has 6 nitrogen and oxygen atoms in total. The van der Waals surface area contributed by atoms with Gasteiger partial charge < -0.3 is 20.3 Å². The van der Waals surface area contributed by atoms with Crippen molar-refractivity contribution in [2.75, 3.05) is 25.0 Å². The van der Waals surface area contributed by atoms with Crippen LogP contribution < -0.4 is 15.4 Å². The summed E-state index contributed by atoms with van der Waals surface area (Å²) in [6, 6.07) is 22.4. The molecule has 1 aliphatic heterocycles. The summed E-state index contributed by atoms with van der Waals surface area (Å²) in [7, 11) is 0. The Morgan fingerprint density at radius 3 is 2.63 bits per heavy atom. The molecular weight excluding hydrogens is 462 g/mol. The van der Waals surface area contributed by atoms with Crippen LogP contribution in [0, 0.1) is 0 Å². The fourth-order valence-electron chi connectivity index (χ4n) is 4.30. The molecule has 0 bridgehead atoms. The smallest absolute Gasteiger partial charge is 0.321 e. The van der Waals surface area contributed by atoms with Crippen molar-refractivity contribution in [3.8, 4) is 5.75 Å². The summed E-state index contributed by atoms with van der Waals surface area (Å²) in [4.78, 5) is 27.5. The van der Waals surface area contributed by atoms with Crippen molar-refractivity contribution in [2.24, 2.45) is 0 Å². The van der Waals surface area contributed by atoms with Crippen LogP contribution in [0.2, 0.25) is 5.02 Å². The topological polar surface area (TPSA) is 70.7 Å². The standard InChI is InChI=1S/C28H30ClN3O3/c1-2-35-26-13-11-25(12-14-26)31-28(34)32-15-5-9-23(19-32)21-7-4-8-22(17-21)27(33)30-18-20-6-3-10-24(29)16-20/h3-4,6-8,10-14,16-17,23H,2,5,9,15,18-19H2,1H3,(H,30,33)(H,31,34)/t23-/m0/s1. The first-order valence-corrected chi connectivity index (χ1v) is 12.3. The number of rotatable bonds is 7. The fourth-order valence-corrected chi connectivity index (χ4v) is 4.52. The van der Waals surface area contributed by atoms with E-state index in [0.717, 1.165) is 35.4 Å². The average Bonchev–Trinajstić information content (AvgIpc) is 2.89. The zero-order valence-electron chi connectivity index (χ0n) is 19.8. The Bertz CT molecular complexity index is 1170. The summed E-state index contributed by atoms with van der Waals surface area (Å²) in [5.74, 6) is 0.822. The lowest BCUT2D eigenvalue weighted by molar-refractivity contribution is 0.0950. The van der Waals surface area contributed by atoms with Crippen molar-refractivity contribution >= 4 is 29.2 Å². The van der Waals surface area contributed by atoms with Gasteiger partial charge in [0.2, 0.25) is 0 Å². The van der Waals surface area contributed by atoms with Crippen molar-refractivity contribution in [1.82, 2.24) is 10.2 Å². The van der Waals surface area contributed by atoms with Gasteiger partial charge in [0, 0.05) is 41.8 Å². The third-order valence-electron chi connectivity index (χ3n) is 6.09. The third-order valence-corrected chi connectivity index (χ3v) is 6.32. The summed E-state index contributed by atoms with van der Waals surface area (Å²) < 4.78 is 5.46. The van der Waals surface area contributed by atoms with Gasteiger partial charge in [-0.25, -0.2) is 4.79 Å². The SMILES string of the molecule is CCOc1ccc(NC(=O)N2CCC[C@H](c3cccc(C(=O)NCc4cccc(Cl)c4)c3)C2)cc1. The molecule has 7 heteroatoms. The van der Waals surface area contributed by atoms with Gasteiger partial charge in [0.25, 0.3) is 5.91 Å². The Labute approximate surface area is 211 Å². The highest BCUT2D eigenvalue weighted by atomic mass is 35.5. The molecule has 1 atom stereocenters. The molecule has 0 radical (unpaired) electrons. The van der Waals surface area contributed by atoms with Gasteiger partial charge in [-0.1, -0.05) is 35.9 Å². The number of ether oxygens (including phenoxy) is 1. The van der Waals surface area contributed by atoms with Crippen LogP contribution in [0.15, 0.2) is 72.8 Å². The lowest BCUT2D eigenvalue weighted by atomic mass is 9.89. The van der Waals surface area contributed by atoms with E-state index in [4.69, 9.17) is 16.3 Å². The molecule has 35 heavy (non-hydrogen) atoms. The Kier molecular flexibility index (Phi) is 8.27. The van der Waals surface area contributed by atoms with E-state index in [2.05, 4.69) is 10.6 Å². The van der Waals surface area contributed by atoms with Crippen LogP contribution in [-0.2, 0) is 6.54 Å². The number of hydrogen-bond acceptors (Lipinski definition) is 3. The fraction of sp³-hybridized carbons (Fsp3) is 0.286. The van der Waals surface area contributed by atoms with E-state index in [-0.39, 0.29) is 17.9 Å². The molecule has 2 N–H and O–H groups in total. The van der Waals surface area contributed by atoms with Crippen molar-refractivity contribution in [3.63, 3.8) is 0 Å². The molecule has 1 fully saturated rings. The number of nitrogens with zero attached hydrogens (tertiary/aromatic N) is 1. The summed E-state index contributed by atoms with van der Waals surface area (Å²) in [5, 5.41) is 6.58. The highest BCUT2D eigenvalue weighted by Crippen LogP contribution is 2.28. The summed E-state index contributed by atoms with van der Waals surface area (Å²) in [5.41, 5.74) is 3.36. The van der Waals surface area contributed by atoms with Gasteiger partial charge >= 0.3 is 6.03 Å². The van der Waals surface area contributed by atoms with Crippen LogP contribution in [0.5, 0.6) is 5.75 Å². The normalized spacial score (nSPS) is 15.4. The number of urea groups is 1. The third kappa shape index (κ3) is 6.76. The van der Waals surface area contributed by atoms with Crippen LogP contribution in [0.4, 0.5) is 10.5 Å². The molecular formula is C28H30ClN3O3. The molecule has 0 aromatic heterocycles. The van der Waals surface area contributed by atoms with E-state index in [0.29, 0.717) is 36.8 Å². The Hall–Kier alpha value is -3.51. The predicted octanol–water partition coefficient (Wildman–Crippen LogP) is 6.08. The highest BCUT2D eigenvalue weighted by molar-refractivity contribution is 6.30. The van der Waals surface area contributed by atoms with E-state index in [1.807, 2.05) is 84.6 Å². The van der Waals surface area contributed by atoms with E-state index < -0.39 is 0 Å². The van der Waals surface area contributed by atoms with Gasteiger partial charge in [0.1, 0.15) is 5.75 Å². The number of hydrogen-bond donors (Lipinski definition) is 2. The molecule has 0 aliphatic carbocycles. The van der Waals surface area contributed by atoms with Crippen LogP contribution in [0.25, 0.3) is 0 Å². The molecule has 3 amide bonds. The number of halogens is 1. The van der Waals surface area contributed by atoms with Crippen molar-refractivity contribution in [1.29, 1.82) is 0 Å². The minimum atomic E-state index is -0.132. The van der Waals surface area contributed by atoms with Crippen molar-refractivity contribution in [2.45, 2.75) is 32.2 Å². The van der Waals surface area contributed by atoms with E-state index in [1.165, 1.54) is 0 Å². The first kappa shape index (κ1) is 24.6. The maximum atomic E-state index is 12.9. The van der Waals surface area contributed by atoms with E-state index in [9.17, 15) is 9.59 Å². The van der Waals surface area contributed by atoms with Crippen molar-refractivity contribution < 1.29 is 14.3 Å².